The predicted octanol–water partition coefficient (Wildman–Crippen LogP) is 2.14. The maximum Gasteiger partial charge on any atom is 0.267 e. The van der Waals surface area contributed by atoms with Crippen LogP contribution in [0.25, 0.3) is 11.1 Å². The van der Waals surface area contributed by atoms with E-state index in [0.717, 1.165) is 23.3 Å². The number of halogens is 2. The van der Waals surface area contributed by atoms with Crippen LogP contribution in [0, 0.1) is 11.6 Å². The Labute approximate surface area is 158 Å². The fourth-order valence-electron chi connectivity index (χ4n) is 2.51. The van der Waals surface area contributed by atoms with Crippen LogP contribution in [-0.4, -0.2) is 30.6 Å². The van der Waals surface area contributed by atoms with Gasteiger partial charge in [-0.1, -0.05) is 13.8 Å². The van der Waals surface area contributed by atoms with Crippen LogP contribution >= 0.6 is 0 Å². The Kier molecular flexibility index (Phi) is 5.48. The van der Waals surface area contributed by atoms with Gasteiger partial charge in [0.15, 0.2) is 5.82 Å². The minimum Gasteiger partial charge on any atom is -0.293 e. The van der Waals surface area contributed by atoms with Crippen molar-refractivity contribution in [3.8, 4) is 11.1 Å². The number of nitrogens with one attached hydrogen (secondary N) is 1. The molecule has 0 bridgehead atoms. The summed E-state index contributed by atoms with van der Waals surface area (Å²) in [6.07, 6.45) is 4.32. The second-order valence-electron chi connectivity index (χ2n) is 6.26. The first-order valence-electron chi connectivity index (χ1n) is 8.34. The lowest BCUT2D eigenvalue weighted by molar-refractivity contribution is -0.117. The van der Waals surface area contributed by atoms with E-state index in [1.807, 2.05) is 13.8 Å². The topological polar surface area (TPSA) is 103 Å². The van der Waals surface area contributed by atoms with E-state index < -0.39 is 23.1 Å². The Morgan fingerprint density at radius 1 is 1.11 bits per heavy atom. The minimum absolute atomic E-state index is 0.0917. The van der Waals surface area contributed by atoms with Gasteiger partial charge >= 0.3 is 0 Å². The second-order valence-corrected chi connectivity index (χ2v) is 6.26. The van der Waals surface area contributed by atoms with Crippen LogP contribution < -0.4 is 10.9 Å². The third-order valence-corrected chi connectivity index (χ3v) is 3.75. The number of anilines is 1. The van der Waals surface area contributed by atoms with Gasteiger partial charge in [0, 0.05) is 23.4 Å². The van der Waals surface area contributed by atoms with Crippen molar-refractivity contribution in [1.29, 1.82) is 0 Å². The third kappa shape index (κ3) is 4.40. The monoisotopic (exact) mass is 386 g/mol. The molecule has 1 N–H and O–H groups in total. The van der Waals surface area contributed by atoms with Crippen molar-refractivity contribution in [1.82, 2.24) is 24.7 Å². The molecule has 144 valence electrons. The lowest BCUT2D eigenvalue weighted by Crippen LogP contribution is -2.31. The highest BCUT2D eigenvalue weighted by Gasteiger charge is 2.16. The molecule has 1 amide bonds. The molecule has 0 fully saturated rings. The molecule has 10 heteroatoms. The summed E-state index contributed by atoms with van der Waals surface area (Å²) in [5.74, 6) is -1.97. The Bertz CT molecular complexity index is 1070. The molecule has 0 spiro atoms. The predicted molar refractivity (Wildman–Crippen MR) is 96.4 cm³/mol. The average Bonchev–Trinajstić information content (AvgIpc) is 2.64. The molecule has 3 aromatic heterocycles. The van der Waals surface area contributed by atoms with E-state index in [-0.39, 0.29) is 18.4 Å². The lowest BCUT2D eigenvalue weighted by atomic mass is 9.99. The zero-order valence-electron chi connectivity index (χ0n) is 15.1. The van der Waals surface area contributed by atoms with Gasteiger partial charge in [-0.15, -0.1) is 0 Å². The van der Waals surface area contributed by atoms with Gasteiger partial charge in [0.2, 0.25) is 11.9 Å². The Balaban J connectivity index is 1.90. The van der Waals surface area contributed by atoms with Gasteiger partial charge in [-0.05, 0) is 12.0 Å². The van der Waals surface area contributed by atoms with Crippen molar-refractivity contribution in [2.75, 3.05) is 5.32 Å². The number of nitrogens with zero attached hydrogens (tertiary/aromatic N) is 5. The van der Waals surface area contributed by atoms with E-state index in [1.165, 1.54) is 18.3 Å². The summed E-state index contributed by atoms with van der Waals surface area (Å²) < 4.78 is 27.3. The quantitative estimate of drug-likeness (QED) is 0.721. The second kappa shape index (κ2) is 7.99. The number of carbonyl (C=O) groups excluding carboxylic acids is 1. The molecule has 0 atom stereocenters. The molecule has 0 saturated carbocycles. The number of carbonyl (C=O) groups is 1. The summed E-state index contributed by atoms with van der Waals surface area (Å²) in [5.41, 5.74) is 0.840. The molecule has 0 saturated heterocycles. The van der Waals surface area contributed by atoms with E-state index >= 15 is 0 Å². The standard InChI is InChI=1S/C18H16F2N6O2/c1-10(2)17-14(11-3-12(19)6-21-5-11)4-16(28)26(25-17)9-15(27)24-18-22-7-13(20)8-23-18/h3-8,10H,9H2,1-2H3,(H,22,23,24,27). The van der Waals surface area contributed by atoms with Gasteiger partial charge in [-0.3, -0.25) is 19.9 Å². The number of amides is 1. The first-order valence-corrected chi connectivity index (χ1v) is 8.34. The maximum absolute atomic E-state index is 13.5. The first kappa shape index (κ1) is 19.2. The molecule has 0 aliphatic heterocycles. The van der Waals surface area contributed by atoms with Crippen LogP contribution in [0.2, 0.25) is 0 Å². The van der Waals surface area contributed by atoms with Gasteiger partial charge in [0.25, 0.3) is 5.56 Å². The van der Waals surface area contributed by atoms with Crippen molar-refractivity contribution in [2.45, 2.75) is 26.3 Å². The number of hydrogen-bond acceptors (Lipinski definition) is 6. The lowest BCUT2D eigenvalue weighted by Gasteiger charge is -2.14. The molecular weight excluding hydrogens is 370 g/mol. The zero-order valence-corrected chi connectivity index (χ0v) is 15.1. The molecule has 3 heterocycles. The molecule has 0 aliphatic carbocycles. The maximum atomic E-state index is 13.5. The molecule has 3 rings (SSSR count). The largest absolute Gasteiger partial charge is 0.293 e. The zero-order chi connectivity index (χ0) is 20.3. The molecule has 28 heavy (non-hydrogen) atoms. The molecule has 3 aromatic rings. The Hall–Kier alpha value is -3.56. The fraction of sp³-hybridized carbons (Fsp3) is 0.222. The molecule has 0 radical (unpaired) electrons. The summed E-state index contributed by atoms with van der Waals surface area (Å²) in [4.78, 5) is 35.6. The highest BCUT2D eigenvalue weighted by molar-refractivity contribution is 5.88. The van der Waals surface area contributed by atoms with E-state index in [9.17, 15) is 18.4 Å². The van der Waals surface area contributed by atoms with Crippen LogP contribution in [-0.2, 0) is 11.3 Å². The van der Waals surface area contributed by atoms with Crippen molar-refractivity contribution < 1.29 is 13.6 Å². The van der Waals surface area contributed by atoms with Crippen molar-refractivity contribution in [3.05, 3.63) is 64.6 Å². The van der Waals surface area contributed by atoms with Gasteiger partial charge in [-0.2, -0.15) is 5.10 Å². The van der Waals surface area contributed by atoms with Gasteiger partial charge in [-0.25, -0.2) is 23.4 Å². The molecular formula is C18H16F2N6O2. The first-order chi connectivity index (χ1) is 13.3. The summed E-state index contributed by atoms with van der Waals surface area (Å²) in [5, 5.41) is 6.63. The summed E-state index contributed by atoms with van der Waals surface area (Å²) in [6, 6.07) is 2.55. The summed E-state index contributed by atoms with van der Waals surface area (Å²) in [6.45, 7) is 3.33. The Morgan fingerprint density at radius 2 is 1.82 bits per heavy atom. The molecule has 0 unspecified atom stereocenters. The van der Waals surface area contributed by atoms with Crippen molar-refractivity contribution in [3.63, 3.8) is 0 Å². The highest BCUT2D eigenvalue weighted by Crippen LogP contribution is 2.26. The van der Waals surface area contributed by atoms with E-state index in [1.54, 1.807) is 0 Å². The van der Waals surface area contributed by atoms with E-state index in [0.29, 0.717) is 16.8 Å². The SMILES string of the molecule is CC(C)c1nn(CC(=O)Nc2ncc(F)cn2)c(=O)cc1-c1cncc(F)c1. The number of hydrogen-bond donors (Lipinski definition) is 1. The normalized spacial score (nSPS) is 10.9. The van der Waals surface area contributed by atoms with Gasteiger partial charge in [0.05, 0.1) is 24.3 Å². The molecule has 8 nitrogen and oxygen atoms in total. The smallest absolute Gasteiger partial charge is 0.267 e. The van der Waals surface area contributed by atoms with Crippen molar-refractivity contribution >= 4 is 11.9 Å². The third-order valence-electron chi connectivity index (χ3n) is 3.75. The Morgan fingerprint density at radius 3 is 2.46 bits per heavy atom. The van der Waals surface area contributed by atoms with Gasteiger partial charge in [0.1, 0.15) is 12.4 Å². The summed E-state index contributed by atoms with van der Waals surface area (Å²) >= 11 is 0. The van der Waals surface area contributed by atoms with Crippen molar-refractivity contribution in [2.24, 2.45) is 0 Å². The van der Waals surface area contributed by atoms with Crippen LogP contribution in [0.1, 0.15) is 25.5 Å². The number of aromatic nitrogens is 5. The van der Waals surface area contributed by atoms with Gasteiger partial charge < -0.3 is 0 Å². The highest BCUT2D eigenvalue weighted by atomic mass is 19.1. The number of pyridine rings is 1. The molecule has 0 aliphatic rings. The van der Waals surface area contributed by atoms with Crippen LogP contribution in [0.5, 0.6) is 0 Å². The van der Waals surface area contributed by atoms with Crippen LogP contribution in [0.15, 0.2) is 41.7 Å². The molecule has 0 aromatic carbocycles. The fourth-order valence-corrected chi connectivity index (χ4v) is 2.51. The van der Waals surface area contributed by atoms with E-state index in [4.69, 9.17) is 0 Å². The van der Waals surface area contributed by atoms with Crippen LogP contribution in [0.3, 0.4) is 0 Å². The number of rotatable bonds is 5. The van der Waals surface area contributed by atoms with Crippen LogP contribution in [0.4, 0.5) is 14.7 Å². The average molecular weight is 386 g/mol. The summed E-state index contributed by atoms with van der Waals surface area (Å²) in [7, 11) is 0. The van der Waals surface area contributed by atoms with E-state index in [2.05, 4.69) is 25.4 Å². The minimum atomic E-state index is -0.639.